The fourth-order valence-corrected chi connectivity index (χ4v) is 2.40. The zero-order valence-corrected chi connectivity index (χ0v) is 13.7. The Balaban J connectivity index is 2.50. The first-order valence-corrected chi connectivity index (χ1v) is 7.15. The third kappa shape index (κ3) is 2.97. The highest BCUT2D eigenvalue weighted by Crippen LogP contribution is 2.38. The van der Waals surface area contributed by atoms with Crippen LogP contribution < -0.4 is 4.74 Å². The van der Waals surface area contributed by atoms with Crippen molar-refractivity contribution in [1.29, 1.82) is 0 Å². The van der Waals surface area contributed by atoms with E-state index < -0.39 is 0 Å². The van der Waals surface area contributed by atoms with E-state index in [2.05, 4.69) is 57.7 Å². The zero-order valence-electron chi connectivity index (χ0n) is 13.7. The van der Waals surface area contributed by atoms with Crippen LogP contribution in [0.5, 0.6) is 5.75 Å². The van der Waals surface area contributed by atoms with E-state index in [9.17, 15) is 0 Å². The highest BCUT2D eigenvalue weighted by molar-refractivity contribution is 5.99. The minimum Gasteiger partial charge on any atom is -0.492 e. The van der Waals surface area contributed by atoms with E-state index in [0.717, 1.165) is 23.8 Å². The van der Waals surface area contributed by atoms with Gasteiger partial charge in [-0.05, 0) is 39.0 Å². The molecule has 1 aromatic carbocycles. The predicted octanol–water partition coefficient (Wildman–Crippen LogP) is 3.46. The monoisotopic (exact) mass is 274 g/mol. The molecule has 0 aromatic heterocycles. The summed E-state index contributed by atoms with van der Waals surface area (Å²) in [6.45, 7) is 11.6. The van der Waals surface area contributed by atoms with Crippen LogP contribution in [0.4, 0.5) is 0 Å². The summed E-state index contributed by atoms with van der Waals surface area (Å²) in [5.74, 6) is 2.02. The molecule has 2 rings (SSSR count). The van der Waals surface area contributed by atoms with E-state index in [-0.39, 0.29) is 11.0 Å². The molecular weight excluding hydrogens is 248 g/mol. The molecule has 0 aliphatic carbocycles. The smallest absolute Gasteiger partial charge is 0.130 e. The number of hydrogen-bond donors (Lipinski definition) is 0. The summed E-state index contributed by atoms with van der Waals surface area (Å²) in [7, 11) is 4.08. The minimum atomic E-state index is -0.0926. The topological polar surface area (TPSA) is 24.8 Å². The highest BCUT2D eigenvalue weighted by Gasteiger charge is 2.32. The lowest BCUT2D eigenvalue weighted by Crippen LogP contribution is -2.27. The summed E-state index contributed by atoms with van der Waals surface area (Å²) in [4.78, 5) is 6.93. The van der Waals surface area contributed by atoms with E-state index in [0.29, 0.717) is 0 Å². The Morgan fingerprint density at radius 2 is 1.90 bits per heavy atom. The Bertz CT molecular complexity index is 536. The molecule has 1 aliphatic heterocycles. The van der Waals surface area contributed by atoms with Gasteiger partial charge >= 0.3 is 0 Å². The SMILES string of the molecule is CN(C)C(=NC(C)(C)C)c1ccc2c(c1)C(C)(C)CO2. The van der Waals surface area contributed by atoms with Gasteiger partial charge in [0.15, 0.2) is 0 Å². The van der Waals surface area contributed by atoms with Crippen LogP contribution in [-0.4, -0.2) is 37.0 Å². The third-order valence-corrected chi connectivity index (χ3v) is 3.42. The molecule has 1 aromatic rings. The lowest BCUT2D eigenvalue weighted by molar-refractivity contribution is 0.291. The predicted molar refractivity (Wildman–Crippen MR) is 84.9 cm³/mol. The highest BCUT2D eigenvalue weighted by atomic mass is 16.5. The second-order valence-electron chi connectivity index (χ2n) is 7.38. The van der Waals surface area contributed by atoms with Gasteiger partial charge in [0.05, 0.1) is 12.1 Å². The Hall–Kier alpha value is -1.51. The van der Waals surface area contributed by atoms with Crippen LogP contribution in [0.25, 0.3) is 0 Å². The van der Waals surface area contributed by atoms with Crippen LogP contribution in [0.2, 0.25) is 0 Å². The van der Waals surface area contributed by atoms with Gasteiger partial charge in [0.25, 0.3) is 0 Å². The van der Waals surface area contributed by atoms with Crippen LogP contribution >= 0.6 is 0 Å². The number of benzene rings is 1. The second-order valence-corrected chi connectivity index (χ2v) is 7.38. The normalized spacial score (nSPS) is 17.6. The maximum Gasteiger partial charge on any atom is 0.130 e. The molecule has 0 spiro atoms. The van der Waals surface area contributed by atoms with Gasteiger partial charge in [-0.3, -0.25) is 4.99 Å². The number of aliphatic imine (C=N–C) groups is 1. The molecule has 0 N–H and O–H groups in total. The molecule has 0 amide bonds. The molecule has 110 valence electrons. The molecule has 0 saturated heterocycles. The van der Waals surface area contributed by atoms with Crippen LogP contribution in [0.1, 0.15) is 45.7 Å². The molecule has 0 unspecified atom stereocenters. The average Bonchev–Trinajstić information content (AvgIpc) is 2.61. The summed E-state index contributed by atoms with van der Waals surface area (Å²) in [6.07, 6.45) is 0. The van der Waals surface area contributed by atoms with Gasteiger partial charge in [0.1, 0.15) is 11.6 Å². The molecular formula is C17H26N2O. The number of rotatable bonds is 1. The maximum atomic E-state index is 5.76. The Morgan fingerprint density at radius 3 is 2.45 bits per heavy atom. The lowest BCUT2D eigenvalue weighted by atomic mass is 9.86. The molecule has 1 aliphatic rings. The van der Waals surface area contributed by atoms with Crippen molar-refractivity contribution in [2.45, 2.75) is 45.6 Å². The van der Waals surface area contributed by atoms with E-state index in [1.54, 1.807) is 0 Å². The van der Waals surface area contributed by atoms with E-state index in [4.69, 9.17) is 9.73 Å². The molecule has 0 atom stereocenters. The van der Waals surface area contributed by atoms with Crippen molar-refractivity contribution >= 4 is 5.84 Å². The number of hydrogen-bond acceptors (Lipinski definition) is 2. The van der Waals surface area contributed by atoms with E-state index >= 15 is 0 Å². The number of fused-ring (bicyclic) bond motifs is 1. The Morgan fingerprint density at radius 1 is 1.25 bits per heavy atom. The van der Waals surface area contributed by atoms with Crippen LogP contribution in [0.3, 0.4) is 0 Å². The third-order valence-electron chi connectivity index (χ3n) is 3.42. The van der Waals surface area contributed by atoms with Crippen LogP contribution in [-0.2, 0) is 5.41 Å². The van der Waals surface area contributed by atoms with Gasteiger partial charge < -0.3 is 9.64 Å². The van der Waals surface area contributed by atoms with Crippen molar-refractivity contribution in [3.8, 4) is 5.75 Å². The van der Waals surface area contributed by atoms with Crippen LogP contribution in [0, 0.1) is 0 Å². The quantitative estimate of drug-likeness (QED) is 0.578. The van der Waals surface area contributed by atoms with Crippen LogP contribution in [0.15, 0.2) is 23.2 Å². The molecule has 3 nitrogen and oxygen atoms in total. The Labute approximate surface area is 122 Å². The fraction of sp³-hybridized carbons (Fsp3) is 0.588. The van der Waals surface area contributed by atoms with Crippen molar-refractivity contribution in [3.05, 3.63) is 29.3 Å². The van der Waals surface area contributed by atoms with Crippen molar-refractivity contribution in [3.63, 3.8) is 0 Å². The molecule has 3 heteroatoms. The first-order valence-electron chi connectivity index (χ1n) is 7.15. The average molecular weight is 274 g/mol. The first kappa shape index (κ1) is 14.9. The largest absolute Gasteiger partial charge is 0.492 e. The lowest BCUT2D eigenvalue weighted by Gasteiger charge is -2.23. The standard InChI is InChI=1S/C17H26N2O/c1-16(2,3)18-15(19(6)7)12-8-9-14-13(10-12)17(4,5)11-20-14/h8-10H,11H2,1-7H3. The molecule has 0 saturated carbocycles. The number of amidine groups is 1. The molecule has 0 fully saturated rings. The molecule has 0 radical (unpaired) electrons. The minimum absolute atomic E-state index is 0.0739. The zero-order chi connectivity index (χ0) is 15.1. The van der Waals surface area contributed by atoms with E-state index in [1.807, 2.05) is 14.1 Å². The number of nitrogens with zero attached hydrogens (tertiary/aromatic N) is 2. The summed E-state index contributed by atoms with van der Waals surface area (Å²) >= 11 is 0. The van der Waals surface area contributed by atoms with Crippen molar-refractivity contribution in [2.75, 3.05) is 20.7 Å². The first-order chi connectivity index (χ1) is 9.10. The van der Waals surface area contributed by atoms with Gasteiger partial charge in [-0.2, -0.15) is 0 Å². The van der Waals surface area contributed by atoms with Gasteiger partial charge in [0, 0.05) is 30.6 Å². The van der Waals surface area contributed by atoms with Gasteiger partial charge in [-0.15, -0.1) is 0 Å². The van der Waals surface area contributed by atoms with E-state index in [1.165, 1.54) is 5.56 Å². The summed E-state index contributed by atoms with van der Waals surface area (Å²) in [5.41, 5.74) is 2.41. The van der Waals surface area contributed by atoms with Gasteiger partial charge in [-0.25, -0.2) is 0 Å². The van der Waals surface area contributed by atoms with Crippen molar-refractivity contribution < 1.29 is 4.74 Å². The maximum absolute atomic E-state index is 5.76. The number of ether oxygens (including phenoxy) is 1. The molecule has 0 bridgehead atoms. The Kier molecular flexibility index (Phi) is 3.57. The summed E-state index contributed by atoms with van der Waals surface area (Å²) in [5, 5.41) is 0. The van der Waals surface area contributed by atoms with Crippen molar-refractivity contribution in [1.82, 2.24) is 4.90 Å². The summed E-state index contributed by atoms with van der Waals surface area (Å²) in [6, 6.07) is 6.40. The van der Waals surface area contributed by atoms with Crippen molar-refractivity contribution in [2.24, 2.45) is 4.99 Å². The molecule has 20 heavy (non-hydrogen) atoms. The summed E-state index contributed by atoms with van der Waals surface area (Å²) < 4.78 is 5.76. The second kappa shape index (κ2) is 4.80. The molecule has 1 heterocycles. The van der Waals surface area contributed by atoms with Gasteiger partial charge in [-0.1, -0.05) is 13.8 Å². The van der Waals surface area contributed by atoms with Gasteiger partial charge in [0.2, 0.25) is 0 Å². The fourth-order valence-electron chi connectivity index (χ4n) is 2.40.